The Kier molecular flexibility index (Phi) is 7.51. The number of carbonyl (C=O) groups excluding carboxylic acids is 1. The number of amides is 1. The van der Waals surface area contributed by atoms with E-state index in [1.807, 2.05) is 0 Å². The van der Waals surface area contributed by atoms with Gasteiger partial charge in [-0.2, -0.15) is 13.2 Å². The highest BCUT2D eigenvalue weighted by atomic mass is 35.5. The van der Waals surface area contributed by atoms with Crippen molar-refractivity contribution in [3.63, 3.8) is 0 Å². The molecule has 2 atom stereocenters. The van der Waals surface area contributed by atoms with Crippen molar-refractivity contribution in [2.75, 3.05) is 14.2 Å². The van der Waals surface area contributed by atoms with Crippen molar-refractivity contribution in [1.29, 1.82) is 0 Å². The van der Waals surface area contributed by atoms with Crippen molar-refractivity contribution in [3.8, 4) is 17.4 Å². The number of rotatable bonds is 7. The second-order valence-corrected chi connectivity index (χ2v) is 7.73. The van der Waals surface area contributed by atoms with Crippen molar-refractivity contribution in [2.45, 2.75) is 19.2 Å². The zero-order valence-electron chi connectivity index (χ0n) is 15.5. The van der Waals surface area contributed by atoms with Crippen LogP contribution < -0.4 is 9.47 Å². The fraction of sp³-hybridized carbons (Fsp3) is 0.294. The minimum atomic E-state index is -4.56. The molecule has 0 radical (unpaired) electrons. The van der Waals surface area contributed by atoms with Gasteiger partial charge in [-0.25, -0.2) is 4.98 Å². The Morgan fingerprint density at radius 3 is 2.34 bits per heavy atom. The number of ether oxygens (including phenoxy) is 2. The van der Waals surface area contributed by atoms with Crippen molar-refractivity contribution in [3.05, 3.63) is 47.1 Å². The lowest BCUT2D eigenvalue weighted by Crippen LogP contribution is -2.34. The van der Waals surface area contributed by atoms with E-state index in [1.165, 1.54) is 45.3 Å². The van der Waals surface area contributed by atoms with E-state index < -0.39 is 31.9 Å². The lowest BCUT2D eigenvalue weighted by Gasteiger charge is -2.20. The second-order valence-electron chi connectivity index (χ2n) is 5.71. The van der Waals surface area contributed by atoms with Crippen LogP contribution in [0.4, 0.5) is 13.2 Å². The summed E-state index contributed by atoms with van der Waals surface area (Å²) in [6, 6.07) is 6.61. The van der Waals surface area contributed by atoms with E-state index in [1.54, 1.807) is 0 Å². The van der Waals surface area contributed by atoms with Crippen LogP contribution in [0, 0.1) is 0 Å². The van der Waals surface area contributed by atoms with Crippen molar-refractivity contribution < 1.29 is 36.5 Å². The first-order valence-corrected chi connectivity index (χ1v) is 9.70. The maximum absolute atomic E-state index is 12.6. The SMILES string of the molecule is CO[PH](=O)N(C)C(=O)C(C)Oc1ccc(Oc2ncc(C(F)(F)F)cc2Cl)cc1. The summed E-state index contributed by atoms with van der Waals surface area (Å²) in [7, 11) is -0.0876. The number of carbonyl (C=O) groups is 1. The summed E-state index contributed by atoms with van der Waals surface area (Å²) in [6.45, 7) is 1.49. The molecule has 12 heteroatoms. The molecule has 1 heterocycles. The third kappa shape index (κ3) is 6.09. The van der Waals surface area contributed by atoms with Gasteiger partial charge in [-0.05, 0) is 37.3 Å². The number of aromatic nitrogens is 1. The van der Waals surface area contributed by atoms with Gasteiger partial charge in [-0.1, -0.05) is 11.6 Å². The Labute approximate surface area is 170 Å². The van der Waals surface area contributed by atoms with Crippen LogP contribution in [0.5, 0.6) is 17.4 Å². The Morgan fingerprint density at radius 1 is 1.24 bits per heavy atom. The van der Waals surface area contributed by atoms with Crippen LogP contribution in [0.25, 0.3) is 0 Å². The minimum Gasteiger partial charge on any atom is -0.481 e. The van der Waals surface area contributed by atoms with Gasteiger partial charge in [0.15, 0.2) is 6.10 Å². The Hall–Kier alpha value is -2.29. The second kappa shape index (κ2) is 9.47. The number of nitrogens with zero attached hydrogens (tertiary/aromatic N) is 2. The summed E-state index contributed by atoms with van der Waals surface area (Å²) in [5, 5.41) is -0.296. The van der Waals surface area contributed by atoms with Crippen LogP contribution in [-0.2, 0) is 20.1 Å². The molecule has 7 nitrogen and oxygen atoms in total. The van der Waals surface area contributed by atoms with Crippen LogP contribution in [0.2, 0.25) is 5.02 Å². The van der Waals surface area contributed by atoms with E-state index >= 15 is 0 Å². The fourth-order valence-corrected chi connectivity index (χ4v) is 2.95. The third-order valence-corrected chi connectivity index (χ3v) is 5.00. The molecule has 0 saturated heterocycles. The van der Waals surface area contributed by atoms with E-state index in [0.717, 1.165) is 10.7 Å². The van der Waals surface area contributed by atoms with E-state index in [4.69, 9.17) is 21.1 Å². The van der Waals surface area contributed by atoms with Crippen LogP contribution in [0.1, 0.15) is 12.5 Å². The monoisotopic (exact) mass is 452 g/mol. The molecule has 1 amide bonds. The molecule has 158 valence electrons. The zero-order valence-corrected chi connectivity index (χ0v) is 17.2. The summed E-state index contributed by atoms with van der Waals surface area (Å²) in [6.07, 6.45) is -4.87. The van der Waals surface area contributed by atoms with Gasteiger partial charge in [0.25, 0.3) is 14.1 Å². The van der Waals surface area contributed by atoms with E-state index in [0.29, 0.717) is 11.9 Å². The highest BCUT2D eigenvalue weighted by molar-refractivity contribution is 7.37. The summed E-state index contributed by atoms with van der Waals surface area (Å²) in [4.78, 5) is 15.7. The molecule has 2 aromatic rings. The molecule has 2 unspecified atom stereocenters. The lowest BCUT2D eigenvalue weighted by molar-refractivity contribution is -0.137. The zero-order chi connectivity index (χ0) is 21.8. The molecular formula is C17H17ClF3N2O5P. The highest BCUT2D eigenvalue weighted by Gasteiger charge is 2.31. The number of hydrogen-bond donors (Lipinski definition) is 0. The number of likely N-dealkylation sites (N-methyl/N-ethyl adjacent to an activating group) is 1. The predicted octanol–water partition coefficient (Wildman–Crippen LogP) is 4.81. The lowest BCUT2D eigenvalue weighted by atomic mass is 10.3. The minimum absolute atomic E-state index is 0.191. The Balaban J connectivity index is 2.04. The molecule has 0 spiro atoms. The Bertz CT molecular complexity index is 896. The maximum Gasteiger partial charge on any atom is 0.417 e. The molecule has 29 heavy (non-hydrogen) atoms. The van der Waals surface area contributed by atoms with Crippen LogP contribution in [-0.4, -0.2) is 35.8 Å². The summed E-state index contributed by atoms with van der Waals surface area (Å²) < 4.78 is 65.9. The molecule has 0 aliphatic carbocycles. The number of alkyl halides is 3. The predicted molar refractivity (Wildman–Crippen MR) is 99.6 cm³/mol. The number of hydrogen-bond acceptors (Lipinski definition) is 6. The first-order chi connectivity index (χ1) is 13.5. The molecule has 2 rings (SSSR count). The maximum atomic E-state index is 12.6. The molecular weight excluding hydrogens is 436 g/mol. The molecule has 0 fully saturated rings. The van der Waals surface area contributed by atoms with Gasteiger partial charge in [-0.15, -0.1) is 0 Å². The van der Waals surface area contributed by atoms with Gasteiger partial charge < -0.3 is 14.0 Å². The highest BCUT2D eigenvalue weighted by Crippen LogP contribution is 2.35. The van der Waals surface area contributed by atoms with Crippen molar-refractivity contribution in [2.24, 2.45) is 0 Å². The first-order valence-electron chi connectivity index (χ1n) is 8.05. The Morgan fingerprint density at radius 2 is 1.83 bits per heavy atom. The van der Waals surface area contributed by atoms with E-state index in [9.17, 15) is 22.5 Å². The average Bonchev–Trinajstić information content (AvgIpc) is 2.68. The molecule has 0 N–H and O–H groups in total. The largest absolute Gasteiger partial charge is 0.481 e. The molecule has 1 aromatic heterocycles. The van der Waals surface area contributed by atoms with Crippen molar-refractivity contribution in [1.82, 2.24) is 9.65 Å². The molecule has 0 saturated carbocycles. The molecule has 0 aliphatic heterocycles. The van der Waals surface area contributed by atoms with Gasteiger partial charge in [0.1, 0.15) is 16.5 Å². The van der Waals surface area contributed by atoms with Gasteiger partial charge in [0.05, 0.1) is 5.56 Å². The smallest absolute Gasteiger partial charge is 0.417 e. The van der Waals surface area contributed by atoms with Crippen LogP contribution >= 0.6 is 19.8 Å². The van der Waals surface area contributed by atoms with Gasteiger partial charge in [-0.3, -0.25) is 14.0 Å². The van der Waals surface area contributed by atoms with E-state index in [2.05, 4.69) is 9.51 Å². The van der Waals surface area contributed by atoms with Crippen molar-refractivity contribution >= 4 is 25.7 Å². The molecule has 1 aromatic carbocycles. The summed E-state index contributed by atoms with van der Waals surface area (Å²) >= 11 is 5.80. The molecule has 0 aliphatic rings. The number of halogens is 4. The number of benzene rings is 1. The molecule has 0 bridgehead atoms. The standard InChI is InChI=1S/C17H17ClF3N2O5P/c1-10(16(24)23(2)29(25)26-3)27-12-4-6-13(7-5-12)28-15-14(18)8-11(9-22-15)17(19,20)21/h4-10,29H,1-3H3. The normalized spacial score (nSPS) is 13.5. The van der Waals surface area contributed by atoms with E-state index in [-0.39, 0.29) is 16.7 Å². The summed E-state index contributed by atoms with van der Waals surface area (Å²) in [5.41, 5.74) is -0.988. The first kappa shape index (κ1) is 23.0. The van der Waals surface area contributed by atoms with Crippen LogP contribution in [0.3, 0.4) is 0 Å². The third-order valence-electron chi connectivity index (χ3n) is 3.61. The van der Waals surface area contributed by atoms with Crippen LogP contribution in [0.15, 0.2) is 36.5 Å². The average molecular weight is 453 g/mol. The quantitative estimate of drug-likeness (QED) is 0.561. The number of pyridine rings is 1. The van der Waals surface area contributed by atoms with Gasteiger partial charge in [0.2, 0.25) is 5.88 Å². The fourth-order valence-electron chi connectivity index (χ4n) is 2.11. The topological polar surface area (TPSA) is 78.0 Å². The van der Waals surface area contributed by atoms with Gasteiger partial charge in [0, 0.05) is 20.4 Å². The van der Waals surface area contributed by atoms with Gasteiger partial charge >= 0.3 is 6.18 Å². The summed E-state index contributed by atoms with van der Waals surface area (Å²) in [5.74, 6) is -0.165.